The predicted molar refractivity (Wildman–Crippen MR) is 76.6 cm³/mol. The van der Waals surface area contributed by atoms with Gasteiger partial charge in [0.2, 0.25) is 0 Å². The van der Waals surface area contributed by atoms with E-state index in [1.807, 2.05) is 7.05 Å². The minimum atomic E-state index is 0.471. The summed E-state index contributed by atoms with van der Waals surface area (Å²) in [4.78, 5) is 11.2. The van der Waals surface area contributed by atoms with E-state index >= 15 is 0 Å². The van der Waals surface area contributed by atoms with Crippen molar-refractivity contribution < 1.29 is 4.74 Å². The lowest BCUT2D eigenvalue weighted by Gasteiger charge is -2.30. The number of aryl methyl sites for hydroxylation is 1. The highest BCUT2D eigenvalue weighted by Crippen LogP contribution is 2.21. The fourth-order valence-corrected chi connectivity index (χ4v) is 2.81. The Labute approximate surface area is 122 Å². The molecule has 3 rings (SSSR count). The van der Waals surface area contributed by atoms with Crippen molar-refractivity contribution in [2.75, 3.05) is 20.3 Å². The average Bonchev–Trinajstić information content (AvgIpc) is 2.82. The minimum absolute atomic E-state index is 0.471. The molecule has 1 fully saturated rings. The summed E-state index contributed by atoms with van der Waals surface area (Å²) in [6, 6.07) is 0.522. The van der Waals surface area contributed by atoms with Crippen molar-refractivity contribution in [2.45, 2.75) is 25.4 Å². The first kappa shape index (κ1) is 13.7. The highest BCUT2D eigenvalue weighted by molar-refractivity contribution is 6.33. The molecule has 0 saturated carbocycles. The molecule has 3 heterocycles. The number of fused-ring (bicyclic) bond motifs is 1. The van der Waals surface area contributed by atoms with E-state index in [0.29, 0.717) is 17.7 Å². The molecule has 0 aromatic carbocycles. The molecule has 0 atom stereocenters. The van der Waals surface area contributed by atoms with Crippen LogP contribution in [0, 0.1) is 0 Å². The molecule has 1 saturated heterocycles. The second-order valence-electron chi connectivity index (χ2n) is 5.19. The number of nitrogens with zero attached hydrogens (tertiary/aromatic N) is 5. The molecule has 20 heavy (non-hydrogen) atoms. The predicted octanol–water partition coefficient (Wildman–Crippen LogP) is 1.63. The lowest BCUT2D eigenvalue weighted by Crippen LogP contribution is -2.36. The first-order chi connectivity index (χ1) is 9.65. The topological polar surface area (TPSA) is 56.1 Å². The zero-order chi connectivity index (χ0) is 14.1. The van der Waals surface area contributed by atoms with Gasteiger partial charge in [-0.25, -0.2) is 9.97 Å². The average molecular weight is 296 g/mol. The number of halogens is 1. The monoisotopic (exact) mass is 295 g/mol. The van der Waals surface area contributed by atoms with Crippen LogP contribution < -0.4 is 0 Å². The molecule has 0 aliphatic carbocycles. The molecular formula is C13H18ClN5O. The zero-order valence-electron chi connectivity index (χ0n) is 11.7. The first-order valence-electron chi connectivity index (χ1n) is 6.77. The van der Waals surface area contributed by atoms with Crippen molar-refractivity contribution in [3.8, 4) is 0 Å². The third-order valence-corrected chi connectivity index (χ3v) is 4.09. The van der Waals surface area contributed by atoms with Gasteiger partial charge in [0.05, 0.1) is 18.1 Å². The van der Waals surface area contributed by atoms with E-state index in [9.17, 15) is 0 Å². The van der Waals surface area contributed by atoms with Gasteiger partial charge in [0.1, 0.15) is 11.0 Å². The van der Waals surface area contributed by atoms with E-state index < -0.39 is 0 Å². The molecule has 6 nitrogen and oxygen atoms in total. The van der Waals surface area contributed by atoms with E-state index in [0.717, 1.165) is 42.9 Å². The summed E-state index contributed by atoms with van der Waals surface area (Å²) in [6.07, 6.45) is 3.81. The van der Waals surface area contributed by atoms with E-state index in [4.69, 9.17) is 16.3 Å². The molecule has 1 aliphatic rings. The molecule has 0 spiro atoms. The summed E-state index contributed by atoms with van der Waals surface area (Å²) >= 11 is 6.20. The number of hydrogen-bond acceptors (Lipinski definition) is 5. The largest absolute Gasteiger partial charge is 0.381 e. The lowest BCUT2D eigenvalue weighted by atomic mass is 10.1. The molecule has 108 valence electrons. The van der Waals surface area contributed by atoms with Gasteiger partial charge in [0, 0.05) is 26.3 Å². The normalized spacial score (nSPS) is 17.2. The Bertz CT molecular complexity index is 608. The van der Waals surface area contributed by atoms with Gasteiger partial charge in [-0.3, -0.25) is 9.58 Å². The van der Waals surface area contributed by atoms with Crippen molar-refractivity contribution in [3.05, 3.63) is 17.2 Å². The fraction of sp³-hybridized carbons (Fsp3) is 0.615. The molecule has 0 bridgehead atoms. The van der Waals surface area contributed by atoms with Crippen LogP contribution >= 0.6 is 11.6 Å². The SMILES string of the molecule is CN(Cc1nc(Cl)c2cnn(C)c2n1)C1CCOCC1. The maximum absolute atomic E-state index is 6.20. The molecule has 0 radical (unpaired) electrons. The Morgan fingerprint density at radius 1 is 1.40 bits per heavy atom. The van der Waals surface area contributed by atoms with Crippen LogP contribution in [0.2, 0.25) is 5.15 Å². The van der Waals surface area contributed by atoms with Gasteiger partial charge in [0.25, 0.3) is 0 Å². The van der Waals surface area contributed by atoms with Gasteiger partial charge in [-0.05, 0) is 19.9 Å². The summed E-state index contributed by atoms with van der Waals surface area (Å²) in [5, 5.41) is 5.43. The van der Waals surface area contributed by atoms with Crippen molar-refractivity contribution in [1.82, 2.24) is 24.6 Å². The molecule has 0 N–H and O–H groups in total. The summed E-state index contributed by atoms with van der Waals surface area (Å²) in [7, 11) is 3.96. The second kappa shape index (κ2) is 5.63. The molecule has 7 heteroatoms. The number of rotatable bonds is 3. The highest BCUT2D eigenvalue weighted by atomic mass is 35.5. The smallest absolute Gasteiger partial charge is 0.162 e. The van der Waals surface area contributed by atoms with Crippen LogP contribution in [0.3, 0.4) is 0 Å². The third-order valence-electron chi connectivity index (χ3n) is 3.80. The van der Waals surface area contributed by atoms with Gasteiger partial charge in [-0.15, -0.1) is 0 Å². The maximum Gasteiger partial charge on any atom is 0.162 e. The minimum Gasteiger partial charge on any atom is -0.381 e. The third kappa shape index (κ3) is 2.63. The van der Waals surface area contributed by atoms with Crippen molar-refractivity contribution >= 4 is 22.6 Å². The standard InChI is InChI=1S/C13H18ClN5O/c1-18(9-3-5-20-6-4-9)8-11-16-12(14)10-7-15-19(2)13(10)17-11/h7,9H,3-6,8H2,1-2H3. The maximum atomic E-state index is 6.20. The van der Waals surface area contributed by atoms with Crippen LogP contribution in [0.5, 0.6) is 0 Å². The molecular weight excluding hydrogens is 278 g/mol. The highest BCUT2D eigenvalue weighted by Gasteiger charge is 2.20. The first-order valence-corrected chi connectivity index (χ1v) is 7.15. The Morgan fingerprint density at radius 3 is 2.90 bits per heavy atom. The Balaban J connectivity index is 1.81. The van der Waals surface area contributed by atoms with Crippen molar-refractivity contribution in [1.29, 1.82) is 0 Å². The van der Waals surface area contributed by atoms with Crippen LogP contribution in [-0.2, 0) is 18.3 Å². The van der Waals surface area contributed by atoms with Crippen LogP contribution in [-0.4, -0.2) is 51.0 Å². The van der Waals surface area contributed by atoms with Gasteiger partial charge in [0.15, 0.2) is 5.65 Å². The summed E-state index contributed by atoms with van der Waals surface area (Å²) in [5.74, 6) is 0.736. The molecule has 0 amide bonds. The van der Waals surface area contributed by atoms with Crippen LogP contribution in [0.15, 0.2) is 6.20 Å². The van der Waals surface area contributed by atoms with Gasteiger partial charge < -0.3 is 4.74 Å². The number of hydrogen-bond donors (Lipinski definition) is 0. The van der Waals surface area contributed by atoms with Crippen LogP contribution in [0.25, 0.3) is 11.0 Å². The van der Waals surface area contributed by atoms with Gasteiger partial charge >= 0.3 is 0 Å². The Morgan fingerprint density at radius 2 is 2.15 bits per heavy atom. The summed E-state index contributed by atoms with van der Waals surface area (Å²) < 4.78 is 7.11. The van der Waals surface area contributed by atoms with Gasteiger partial charge in [-0.2, -0.15) is 5.10 Å². The van der Waals surface area contributed by atoms with E-state index in [2.05, 4.69) is 27.0 Å². The quantitative estimate of drug-likeness (QED) is 0.806. The Kier molecular flexibility index (Phi) is 3.87. The van der Waals surface area contributed by atoms with E-state index in [1.54, 1.807) is 10.9 Å². The lowest BCUT2D eigenvalue weighted by molar-refractivity contribution is 0.0399. The van der Waals surface area contributed by atoms with Gasteiger partial charge in [-0.1, -0.05) is 11.6 Å². The van der Waals surface area contributed by atoms with E-state index in [1.165, 1.54) is 0 Å². The number of ether oxygens (including phenoxy) is 1. The molecule has 0 unspecified atom stereocenters. The second-order valence-corrected chi connectivity index (χ2v) is 5.55. The Hall–Kier alpha value is -1.24. The van der Waals surface area contributed by atoms with Crippen molar-refractivity contribution in [2.24, 2.45) is 7.05 Å². The number of aromatic nitrogens is 4. The zero-order valence-corrected chi connectivity index (χ0v) is 12.5. The van der Waals surface area contributed by atoms with Crippen LogP contribution in [0.4, 0.5) is 0 Å². The fourth-order valence-electron chi connectivity index (χ4n) is 2.58. The summed E-state index contributed by atoms with van der Waals surface area (Å²) in [6.45, 7) is 2.35. The molecule has 1 aliphatic heterocycles. The molecule has 2 aromatic rings. The van der Waals surface area contributed by atoms with Crippen LogP contribution in [0.1, 0.15) is 18.7 Å². The summed E-state index contributed by atoms with van der Waals surface area (Å²) in [5.41, 5.74) is 0.778. The van der Waals surface area contributed by atoms with E-state index in [-0.39, 0.29) is 0 Å². The van der Waals surface area contributed by atoms with Crippen molar-refractivity contribution in [3.63, 3.8) is 0 Å². The molecule has 2 aromatic heterocycles.